The molecule has 2 aromatic heterocycles. The lowest BCUT2D eigenvalue weighted by Crippen LogP contribution is -2.12. The number of hydrogen-bond donors (Lipinski definition) is 1. The Labute approximate surface area is 104 Å². The first kappa shape index (κ1) is 10.9. The summed E-state index contributed by atoms with van der Waals surface area (Å²) in [5, 5.41) is 0.976. The molecular weight excluding hydrogens is 234 g/mol. The van der Waals surface area contributed by atoms with Crippen LogP contribution in [0.3, 0.4) is 0 Å². The summed E-state index contributed by atoms with van der Waals surface area (Å²) < 4.78 is 5.60. The molecule has 17 heavy (non-hydrogen) atoms. The van der Waals surface area contributed by atoms with Crippen molar-refractivity contribution in [3.05, 3.63) is 16.8 Å². The van der Waals surface area contributed by atoms with Crippen LogP contribution < -0.4 is 5.73 Å². The van der Waals surface area contributed by atoms with Gasteiger partial charge < -0.3 is 10.5 Å². The Hall–Kier alpha value is -1.20. The highest BCUT2D eigenvalue weighted by molar-refractivity contribution is 7.18. The lowest BCUT2D eigenvalue weighted by atomic mass is 10.2. The van der Waals surface area contributed by atoms with E-state index in [9.17, 15) is 0 Å². The largest absolute Gasteiger partial charge is 0.383 e. The minimum atomic E-state index is 0.271. The average molecular weight is 249 g/mol. The fourth-order valence-electron chi connectivity index (χ4n) is 2.21. The summed E-state index contributed by atoms with van der Waals surface area (Å²) in [5.74, 6) is 1.40. The molecule has 0 amide bonds. The number of ether oxygens (including phenoxy) is 1. The highest BCUT2D eigenvalue weighted by Gasteiger charge is 2.18. The second kappa shape index (κ2) is 4.23. The molecular formula is C12H15N3OS. The van der Waals surface area contributed by atoms with E-state index in [0.29, 0.717) is 5.82 Å². The van der Waals surface area contributed by atoms with E-state index in [1.807, 2.05) is 6.07 Å². The fourth-order valence-corrected chi connectivity index (χ4v) is 3.12. The zero-order chi connectivity index (χ0) is 11.8. The van der Waals surface area contributed by atoms with Gasteiger partial charge in [0, 0.05) is 17.9 Å². The first-order valence-corrected chi connectivity index (χ1v) is 6.68. The van der Waals surface area contributed by atoms with Gasteiger partial charge in [0.2, 0.25) is 0 Å². The van der Waals surface area contributed by atoms with Crippen molar-refractivity contribution in [2.24, 2.45) is 0 Å². The first-order valence-electron chi connectivity index (χ1n) is 5.86. The monoisotopic (exact) mass is 249 g/mol. The van der Waals surface area contributed by atoms with Gasteiger partial charge in [0.25, 0.3) is 0 Å². The molecule has 1 unspecified atom stereocenters. The van der Waals surface area contributed by atoms with Crippen molar-refractivity contribution in [1.29, 1.82) is 0 Å². The Bertz CT molecular complexity index is 546. The van der Waals surface area contributed by atoms with Crippen LogP contribution in [0, 0.1) is 6.92 Å². The van der Waals surface area contributed by atoms with Crippen LogP contribution in [-0.2, 0) is 11.2 Å². The maximum Gasteiger partial charge on any atom is 0.135 e. The molecule has 0 spiro atoms. The van der Waals surface area contributed by atoms with E-state index in [1.165, 1.54) is 4.88 Å². The SMILES string of the molecule is Cc1cc2c(N)nc(CC3CCCO3)nc2s1. The maximum atomic E-state index is 5.96. The zero-order valence-electron chi connectivity index (χ0n) is 9.77. The highest BCUT2D eigenvalue weighted by Crippen LogP contribution is 2.27. The van der Waals surface area contributed by atoms with E-state index in [1.54, 1.807) is 11.3 Å². The van der Waals surface area contributed by atoms with Crippen LogP contribution in [-0.4, -0.2) is 22.7 Å². The van der Waals surface area contributed by atoms with Crippen LogP contribution in [0.2, 0.25) is 0 Å². The van der Waals surface area contributed by atoms with Gasteiger partial charge in [-0.15, -0.1) is 11.3 Å². The second-order valence-electron chi connectivity index (χ2n) is 4.44. The molecule has 3 heterocycles. The Morgan fingerprint density at radius 3 is 3.18 bits per heavy atom. The lowest BCUT2D eigenvalue weighted by Gasteiger charge is -2.08. The minimum Gasteiger partial charge on any atom is -0.383 e. The molecule has 5 heteroatoms. The molecule has 1 fully saturated rings. The van der Waals surface area contributed by atoms with Crippen LogP contribution >= 0.6 is 11.3 Å². The topological polar surface area (TPSA) is 61.0 Å². The van der Waals surface area contributed by atoms with Gasteiger partial charge in [-0.2, -0.15) is 0 Å². The number of nitrogen functional groups attached to an aromatic ring is 1. The molecule has 1 aliphatic heterocycles. The average Bonchev–Trinajstić information content (AvgIpc) is 2.87. The van der Waals surface area contributed by atoms with Gasteiger partial charge in [0.05, 0.1) is 11.5 Å². The minimum absolute atomic E-state index is 0.271. The van der Waals surface area contributed by atoms with Gasteiger partial charge in [-0.25, -0.2) is 9.97 Å². The van der Waals surface area contributed by atoms with E-state index < -0.39 is 0 Å². The van der Waals surface area contributed by atoms with Crippen molar-refractivity contribution in [3.8, 4) is 0 Å². The number of nitrogens with two attached hydrogens (primary N) is 1. The maximum absolute atomic E-state index is 5.96. The third kappa shape index (κ3) is 2.12. The van der Waals surface area contributed by atoms with Crippen molar-refractivity contribution in [3.63, 3.8) is 0 Å². The summed E-state index contributed by atoms with van der Waals surface area (Å²) >= 11 is 1.67. The summed E-state index contributed by atoms with van der Waals surface area (Å²) in [7, 11) is 0. The smallest absolute Gasteiger partial charge is 0.135 e. The number of fused-ring (bicyclic) bond motifs is 1. The van der Waals surface area contributed by atoms with E-state index in [2.05, 4.69) is 16.9 Å². The Balaban J connectivity index is 1.94. The molecule has 0 bridgehead atoms. The molecule has 1 atom stereocenters. The van der Waals surface area contributed by atoms with Gasteiger partial charge in [-0.3, -0.25) is 0 Å². The Morgan fingerprint density at radius 1 is 1.53 bits per heavy atom. The molecule has 0 saturated carbocycles. The summed E-state index contributed by atoms with van der Waals surface area (Å²) in [6, 6.07) is 2.05. The molecule has 0 radical (unpaired) electrons. The van der Waals surface area contributed by atoms with E-state index in [4.69, 9.17) is 10.5 Å². The van der Waals surface area contributed by atoms with Gasteiger partial charge in [-0.1, -0.05) is 0 Å². The van der Waals surface area contributed by atoms with Crippen LogP contribution in [0.25, 0.3) is 10.2 Å². The molecule has 2 aromatic rings. The molecule has 3 rings (SSSR count). The van der Waals surface area contributed by atoms with Gasteiger partial charge >= 0.3 is 0 Å². The third-order valence-electron chi connectivity index (χ3n) is 3.03. The number of thiophene rings is 1. The highest BCUT2D eigenvalue weighted by atomic mass is 32.1. The number of anilines is 1. The Morgan fingerprint density at radius 2 is 2.41 bits per heavy atom. The van der Waals surface area contributed by atoms with Gasteiger partial charge in [0.15, 0.2) is 0 Å². The molecule has 0 aromatic carbocycles. The lowest BCUT2D eigenvalue weighted by molar-refractivity contribution is 0.110. The van der Waals surface area contributed by atoms with Crippen LogP contribution in [0.1, 0.15) is 23.5 Å². The number of nitrogens with zero attached hydrogens (tertiary/aromatic N) is 2. The van der Waals surface area contributed by atoms with E-state index in [-0.39, 0.29) is 6.10 Å². The van der Waals surface area contributed by atoms with Crippen molar-refractivity contribution in [1.82, 2.24) is 9.97 Å². The number of hydrogen-bond acceptors (Lipinski definition) is 5. The van der Waals surface area contributed by atoms with Crippen LogP contribution in [0.4, 0.5) is 5.82 Å². The van der Waals surface area contributed by atoms with E-state index in [0.717, 1.165) is 41.9 Å². The molecule has 90 valence electrons. The zero-order valence-corrected chi connectivity index (χ0v) is 10.6. The molecule has 4 nitrogen and oxygen atoms in total. The predicted octanol–water partition coefficient (Wildman–Crippen LogP) is 2.30. The summed E-state index contributed by atoms with van der Waals surface area (Å²) in [4.78, 5) is 11.1. The second-order valence-corrected chi connectivity index (χ2v) is 5.67. The fraction of sp³-hybridized carbons (Fsp3) is 0.500. The molecule has 2 N–H and O–H groups in total. The van der Waals surface area contributed by atoms with Crippen molar-refractivity contribution < 1.29 is 4.74 Å². The standard InChI is InChI=1S/C12H15N3OS/c1-7-5-9-11(13)14-10(15-12(9)17-7)6-8-3-2-4-16-8/h5,8H,2-4,6H2,1H3,(H2,13,14,15). The van der Waals surface area contributed by atoms with Crippen molar-refractivity contribution >= 4 is 27.4 Å². The summed E-state index contributed by atoms with van der Waals surface area (Å²) in [6.45, 7) is 2.92. The van der Waals surface area contributed by atoms with Crippen molar-refractivity contribution in [2.45, 2.75) is 32.3 Å². The first-order chi connectivity index (χ1) is 8.22. The predicted molar refractivity (Wildman–Crippen MR) is 69.2 cm³/mol. The normalized spacial score (nSPS) is 20.2. The Kier molecular flexibility index (Phi) is 2.72. The summed E-state index contributed by atoms with van der Waals surface area (Å²) in [5.41, 5.74) is 5.96. The number of aryl methyl sites for hydroxylation is 1. The van der Waals surface area contributed by atoms with Gasteiger partial charge in [-0.05, 0) is 25.8 Å². The van der Waals surface area contributed by atoms with Crippen molar-refractivity contribution in [2.75, 3.05) is 12.3 Å². The van der Waals surface area contributed by atoms with Crippen LogP contribution in [0.5, 0.6) is 0 Å². The number of rotatable bonds is 2. The molecule has 1 saturated heterocycles. The van der Waals surface area contributed by atoms with Crippen LogP contribution in [0.15, 0.2) is 6.07 Å². The third-order valence-corrected chi connectivity index (χ3v) is 3.97. The molecule has 0 aliphatic carbocycles. The quantitative estimate of drug-likeness (QED) is 0.887. The summed E-state index contributed by atoms with van der Waals surface area (Å²) in [6.07, 6.45) is 3.29. The van der Waals surface area contributed by atoms with Gasteiger partial charge in [0.1, 0.15) is 16.5 Å². The van der Waals surface area contributed by atoms with E-state index >= 15 is 0 Å². The molecule has 1 aliphatic rings. The number of aromatic nitrogens is 2.